The molecule has 2 aromatic heterocycles. The number of thiol groups is 1. The van der Waals surface area contributed by atoms with Gasteiger partial charge in [0.15, 0.2) is 5.60 Å². The Balaban J connectivity index is 0.000000174. The van der Waals surface area contributed by atoms with Crippen LogP contribution in [0.2, 0.25) is 0 Å². The summed E-state index contributed by atoms with van der Waals surface area (Å²) in [5.74, 6) is -0.113. The quantitative estimate of drug-likeness (QED) is 0.0371. The van der Waals surface area contributed by atoms with Crippen molar-refractivity contribution in [2.45, 2.75) is 141 Å². The molecule has 14 atom stereocenters. The van der Waals surface area contributed by atoms with E-state index < -0.39 is 39.4 Å². The lowest BCUT2D eigenvalue weighted by atomic mass is 9.45. The molecule has 0 aliphatic heterocycles. The van der Waals surface area contributed by atoms with Gasteiger partial charge in [-0.25, -0.2) is 9.36 Å². The third-order valence-electron chi connectivity index (χ3n) is 23.1. The van der Waals surface area contributed by atoms with Crippen molar-refractivity contribution >= 4 is 64.6 Å². The number of esters is 1. The fourth-order valence-electron chi connectivity index (χ4n) is 18.8. The Hall–Kier alpha value is -5.92. The first-order valence-corrected chi connectivity index (χ1v) is 32.9. The zero-order valence-corrected chi connectivity index (χ0v) is 53.0. The van der Waals surface area contributed by atoms with Crippen molar-refractivity contribution in [3.05, 3.63) is 106 Å². The van der Waals surface area contributed by atoms with Crippen molar-refractivity contribution in [2.75, 3.05) is 46.3 Å². The number of carbonyl (C=O) groups excluding carboxylic acids is 5. The largest absolute Gasteiger partial charge is 0.449 e. The molecule has 0 radical (unpaired) electrons. The highest BCUT2D eigenvalue weighted by molar-refractivity contribution is 8.14. The summed E-state index contributed by atoms with van der Waals surface area (Å²) in [7, 11) is 3.20. The van der Waals surface area contributed by atoms with Crippen LogP contribution in [0, 0.1) is 74.4 Å². The highest BCUT2D eigenvalue weighted by Crippen LogP contribution is 2.70. The van der Waals surface area contributed by atoms with Crippen molar-refractivity contribution in [1.29, 1.82) is 5.26 Å². The number of thioether (sulfide) groups is 1. The number of methoxy groups -OCH3 is 2. The fraction of sp³-hybridized carbons (Fsp3) is 0.588. The maximum Gasteiger partial charge on any atom is 0.309 e. The van der Waals surface area contributed by atoms with Gasteiger partial charge in [-0.3, -0.25) is 24.0 Å². The molecule has 0 saturated heterocycles. The molecule has 2 aromatic carbocycles. The molecule has 7 saturated carbocycles. The summed E-state index contributed by atoms with van der Waals surface area (Å²) in [4.78, 5) is 64.9. The van der Waals surface area contributed by atoms with Crippen LogP contribution in [0.15, 0.2) is 72.1 Å². The molecule has 2 heterocycles. The van der Waals surface area contributed by atoms with Crippen molar-refractivity contribution in [3.8, 4) is 17.4 Å². The molecule has 88 heavy (non-hydrogen) atoms. The summed E-state index contributed by atoms with van der Waals surface area (Å²) in [5, 5.41) is 59.0. The van der Waals surface area contributed by atoms with E-state index in [-0.39, 0.29) is 80.9 Å². The second-order valence-electron chi connectivity index (χ2n) is 27.6. The summed E-state index contributed by atoms with van der Waals surface area (Å²) in [6, 6.07) is 17.0. The van der Waals surface area contributed by atoms with E-state index in [1.807, 2.05) is 65.1 Å². The van der Waals surface area contributed by atoms with E-state index in [1.165, 1.54) is 11.1 Å². The van der Waals surface area contributed by atoms with Gasteiger partial charge in [0.25, 0.3) is 11.8 Å². The minimum absolute atomic E-state index is 0.00500. The Morgan fingerprint density at radius 3 is 1.68 bits per heavy atom. The Morgan fingerprint density at radius 2 is 1.20 bits per heavy atom. The van der Waals surface area contributed by atoms with Crippen LogP contribution in [0.4, 0.5) is 0 Å². The van der Waals surface area contributed by atoms with Crippen LogP contribution in [-0.2, 0) is 41.4 Å². The van der Waals surface area contributed by atoms with E-state index in [0.717, 1.165) is 110 Å². The maximum absolute atomic E-state index is 13.9. The Kier molecular flexibility index (Phi) is 16.8. The minimum atomic E-state index is -1.49. The van der Waals surface area contributed by atoms with Gasteiger partial charge in [0.05, 0.1) is 78.3 Å². The number of allylic oxidation sites excluding steroid dienone is 2. The average molecular weight is 1240 g/mol. The molecule has 9 aliphatic rings. The first-order chi connectivity index (χ1) is 42.1. The van der Waals surface area contributed by atoms with Gasteiger partial charge >= 0.3 is 5.97 Å². The molecule has 0 spiro atoms. The maximum atomic E-state index is 13.9. The standard InChI is InChI=1S/C37H44N4O6S.C31H39N3O5S/c1-35-19-24-21-40-41(26-6-4-5-23(17-26)32(43)39-14-15-46-3)29(24)18-25(35)9-10-27-28-11-12-37(34(45)48-16-13-38,47-33(44)22-7-8-22)36(28,2)20-30(42)31(27)35;1-29-15-19-17-33-34(21-6-4-5-18(13-21)27(36)32-11-12-39-3)24(19)14-20(29)7-8-22-23-9-10-31(38,28(37)40)30(23,2)16-25(35)26(22)29/h4-6,17-18,21-22,27-28,30-31,42H,7-12,14-16,19-20H2,1-3H3,(H,39,43);4-6,13-14,17,22-23,25-26,35,38H,7-12,15-16H2,1-3H3,(H,32,36)(H,37,40)/t27-,28-,30-,31+,35-,36-,37-;22-,23-,25-,26+,29-,30-,31-/m00/s1. The molecular weight excluding hydrogens is 1150 g/mol. The number of benzene rings is 2. The van der Waals surface area contributed by atoms with Crippen LogP contribution in [0.25, 0.3) is 23.5 Å². The fourth-order valence-corrected chi connectivity index (χ4v) is 19.9. The van der Waals surface area contributed by atoms with Crippen LogP contribution < -0.4 is 10.6 Å². The highest BCUT2D eigenvalue weighted by atomic mass is 32.2. The predicted molar refractivity (Wildman–Crippen MR) is 334 cm³/mol. The van der Waals surface area contributed by atoms with Gasteiger partial charge in [-0.15, -0.1) is 12.6 Å². The normalized spacial score (nSPS) is 34.6. The van der Waals surface area contributed by atoms with Gasteiger partial charge in [0.1, 0.15) is 5.60 Å². The van der Waals surface area contributed by atoms with Crippen molar-refractivity contribution in [1.82, 2.24) is 30.2 Å². The number of nitriles is 1. The number of fused-ring (bicyclic) bond motifs is 12. The third-order valence-corrected chi connectivity index (χ3v) is 24.4. The van der Waals surface area contributed by atoms with Crippen molar-refractivity contribution < 1.29 is 53.5 Å². The van der Waals surface area contributed by atoms with E-state index in [9.17, 15) is 44.6 Å². The summed E-state index contributed by atoms with van der Waals surface area (Å²) in [5.41, 5.74) is 4.84. The zero-order chi connectivity index (χ0) is 62.3. The smallest absolute Gasteiger partial charge is 0.309 e. The number of hydrogen-bond donors (Lipinski definition) is 6. The molecule has 13 rings (SSSR count). The Bertz CT molecular complexity index is 3550. The monoisotopic (exact) mass is 1240 g/mol. The molecule has 468 valence electrons. The lowest BCUT2D eigenvalue weighted by Crippen LogP contribution is -2.62. The number of nitrogens with zero attached hydrogens (tertiary/aromatic N) is 5. The van der Waals surface area contributed by atoms with Crippen LogP contribution in [0.5, 0.6) is 0 Å². The number of nitrogens with one attached hydrogen (secondary N) is 2. The molecule has 5 N–H and O–H groups in total. The number of rotatable bonds is 15. The molecule has 0 bridgehead atoms. The molecule has 7 fully saturated rings. The van der Waals surface area contributed by atoms with E-state index in [4.69, 9.17) is 24.4 Å². The first kappa shape index (κ1) is 62.3. The van der Waals surface area contributed by atoms with Gasteiger partial charge in [-0.05, 0) is 196 Å². The molecular formula is C68H83N7O11S2. The van der Waals surface area contributed by atoms with Crippen molar-refractivity contribution in [2.24, 2.45) is 63.1 Å². The Morgan fingerprint density at radius 1 is 0.716 bits per heavy atom. The topological polar surface area (TPSA) is 257 Å². The number of carbonyl (C=O) groups is 5. The lowest BCUT2D eigenvalue weighted by Gasteiger charge is -2.60. The summed E-state index contributed by atoms with van der Waals surface area (Å²) in [6.45, 7) is 10.4. The van der Waals surface area contributed by atoms with Crippen LogP contribution in [0.3, 0.4) is 0 Å². The van der Waals surface area contributed by atoms with E-state index in [2.05, 4.69) is 62.3 Å². The summed E-state index contributed by atoms with van der Waals surface area (Å²) < 4.78 is 20.2. The second-order valence-corrected chi connectivity index (χ2v) is 29.0. The summed E-state index contributed by atoms with van der Waals surface area (Å²) >= 11 is 5.02. The second kappa shape index (κ2) is 23.7. The van der Waals surface area contributed by atoms with Crippen LogP contribution >= 0.6 is 24.4 Å². The molecule has 9 aliphatic carbocycles. The van der Waals surface area contributed by atoms with E-state index >= 15 is 0 Å². The van der Waals surface area contributed by atoms with Gasteiger partial charge in [-0.1, -0.05) is 62.7 Å². The van der Waals surface area contributed by atoms with Gasteiger partial charge < -0.3 is 40.2 Å². The van der Waals surface area contributed by atoms with Gasteiger partial charge in [-0.2, -0.15) is 15.5 Å². The van der Waals surface area contributed by atoms with E-state index in [1.54, 1.807) is 26.4 Å². The number of aliphatic hydroxyl groups is 3. The molecule has 20 heteroatoms. The van der Waals surface area contributed by atoms with E-state index in [0.29, 0.717) is 63.1 Å². The average Bonchev–Trinajstić information content (AvgIpc) is 1.37. The molecule has 18 nitrogen and oxygen atoms in total. The number of aliphatic hydroxyl groups excluding tert-OH is 2. The van der Waals surface area contributed by atoms with Crippen molar-refractivity contribution in [3.63, 3.8) is 0 Å². The van der Waals surface area contributed by atoms with Crippen LogP contribution in [0.1, 0.15) is 148 Å². The number of ether oxygens (including phenoxy) is 3. The first-order valence-electron chi connectivity index (χ1n) is 31.5. The molecule has 4 aromatic rings. The van der Waals surface area contributed by atoms with Gasteiger partial charge in [0, 0.05) is 49.3 Å². The Labute approximate surface area is 524 Å². The number of amides is 2. The third kappa shape index (κ3) is 10.2. The minimum Gasteiger partial charge on any atom is -0.449 e. The SMILES string of the molecule is COCCNC(=O)c1cccc(-n2ncc3c2C=C2CC[C@@H]4[C@H]([C@@H](O)C[C@@]5(C)[C@H]4CC[C@]5(O)C(=O)S)[C@@]2(C)C3)c1.COCCNC(=O)c1cccc(-n2ncc3c2C=C2CC[C@@H]4[C@H]([C@@H](O)C[C@@]5(C)[C@H]4CC[C@]5(OC(=O)C4CC4)C(=O)SCC#N)[C@@]2(C)C3)c1. The highest BCUT2D eigenvalue weighted by Gasteiger charge is 2.72. The lowest BCUT2D eigenvalue weighted by molar-refractivity contribution is -0.197. The molecule has 0 unspecified atom stereocenters. The number of hydrogen-bond acceptors (Lipinski definition) is 15. The molecule has 2 amide bonds. The number of aromatic nitrogens is 4. The van der Waals surface area contributed by atoms with Gasteiger partial charge in [0.2, 0.25) is 10.2 Å². The van der Waals surface area contributed by atoms with Crippen LogP contribution in [-0.4, -0.2) is 133 Å². The predicted octanol–water partition coefficient (Wildman–Crippen LogP) is 8.47. The summed E-state index contributed by atoms with van der Waals surface area (Å²) in [6.07, 6.45) is 16.7. The zero-order valence-electron chi connectivity index (χ0n) is 51.3.